The lowest BCUT2D eigenvalue weighted by Crippen LogP contribution is -2.19. The van der Waals surface area contributed by atoms with Crippen molar-refractivity contribution in [3.05, 3.63) is 34.2 Å². The minimum Gasteiger partial charge on any atom is -0.497 e. The van der Waals surface area contributed by atoms with E-state index in [1.165, 1.54) is 17.7 Å². The van der Waals surface area contributed by atoms with Crippen molar-refractivity contribution in [2.75, 3.05) is 7.11 Å². The van der Waals surface area contributed by atoms with Crippen molar-refractivity contribution in [3.8, 4) is 5.75 Å². The second-order valence-corrected chi connectivity index (χ2v) is 5.55. The molecule has 1 heterocycles. The summed E-state index contributed by atoms with van der Waals surface area (Å²) in [7, 11) is 1.50. The van der Waals surface area contributed by atoms with Gasteiger partial charge in [-0.15, -0.1) is 5.10 Å². The Bertz CT molecular complexity index is 720. The lowest BCUT2D eigenvalue weighted by atomic mass is 10.2. The molecule has 0 aliphatic rings. The molecule has 1 aromatic heterocycles. The number of rotatable bonds is 5. The summed E-state index contributed by atoms with van der Waals surface area (Å²) in [6, 6.07) is 4.57. The van der Waals surface area contributed by atoms with Crippen molar-refractivity contribution in [1.29, 1.82) is 0 Å². The Kier molecular flexibility index (Phi) is 4.37. The Morgan fingerprint density at radius 2 is 2.19 bits per heavy atom. The number of methoxy groups -OCH3 is 1. The number of nitrogens with one attached hydrogen (secondary N) is 1. The molecule has 0 radical (unpaired) electrons. The molecule has 2 rings (SSSR count). The third kappa shape index (κ3) is 3.10. The molecule has 0 saturated carbocycles. The molecular formula is C13H15N3O4S. The molecule has 7 nitrogen and oxygen atoms in total. The highest BCUT2D eigenvalue weighted by Crippen LogP contribution is 2.32. The second-order valence-electron chi connectivity index (χ2n) is 4.54. The first-order chi connectivity index (χ1) is 9.93. The van der Waals surface area contributed by atoms with Gasteiger partial charge in [-0.3, -0.25) is 4.57 Å². The van der Waals surface area contributed by atoms with Gasteiger partial charge in [0.1, 0.15) is 5.75 Å². The third-order valence-electron chi connectivity index (χ3n) is 2.81. The van der Waals surface area contributed by atoms with Crippen LogP contribution in [-0.2, 0) is 0 Å². The van der Waals surface area contributed by atoms with E-state index < -0.39 is 5.97 Å². The minimum absolute atomic E-state index is 0.0855. The van der Waals surface area contributed by atoms with Crippen LogP contribution < -0.4 is 10.4 Å². The number of carboxylic acid groups (broad SMARTS) is 1. The first-order valence-electron chi connectivity index (χ1n) is 6.20. The maximum atomic E-state index is 11.7. The van der Waals surface area contributed by atoms with Crippen LogP contribution in [0.3, 0.4) is 0 Å². The molecule has 8 heteroatoms. The second kappa shape index (κ2) is 6.04. The summed E-state index contributed by atoms with van der Waals surface area (Å²) >= 11 is 1.11. The molecule has 2 N–H and O–H groups in total. The molecule has 112 valence electrons. The first kappa shape index (κ1) is 15.2. The highest BCUT2D eigenvalue weighted by atomic mass is 32.2. The lowest BCUT2D eigenvalue weighted by molar-refractivity contribution is 0.0693. The fourth-order valence-electron chi connectivity index (χ4n) is 1.81. The van der Waals surface area contributed by atoms with E-state index >= 15 is 0 Å². The van der Waals surface area contributed by atoms with Gasteiger partial charge in [-0.2, -0.15) is 0 Å². The molecule has 0 saturated heterocycles. The zero-order chi connectivity index (χ0) is 15.6. The number of carbonyl (C=O) groups is 1. The van der Waals surface area contributed by atoms with Gasteiger partial charge in [-0.05, 0) is 43.8 Å². The van der Waals surface area contributed by atoms with Gasteiger partial charge < -0.3 is 9.84 Å². The summed E-state index contributed by atoms with van der Waals surface area (Å²) in [5.41, 5.74) is -0.196. The Morgan fingerprint density at radius 1 is 1.48 bits per heavy atom. The van der Waals surface area contributed by atoms with E-state index in [4.69, 9.17) is 4.74 Å². The van der Waals surface area contributed by atoms with Gasteiger partial charge in [0.05, 0.1) is 12.7 Å². The van der Waals surface area contributed by atoms with E-state index in [1.54, 1.807) is 12.1 Å². The summed E-state index contributed by atoms with van der Waals surface area (Å²) in [6.45, 7) is 3.70. The Balaban J connectivity index is 2.48. The summed E-state index contributed by atoms with van der Waals surface area (Å²) in [6.07, 6.45) is 0. The molecule has 2 aromatic rings. The summed E-state index contributed by atoms with van der Waals surface area (Å²) in [5.74, 6) is -0.509. The van der Waals surface area contributed by atoms with Crippen LogP contribution in [0.15, 0.2) is 33.0 Å². The number of nitrogens with zero attached hydrogens (tertiary/aromatic N) is 2. The summed E-state index contributed by atoms with van der Waals surface area (Å²) < 4.78 is 6.58. The molecule has 0 atom stereocenters. The average molecular weight is 309 g/mol. The van der Waals surface area contributed by atoms with Crippen molar-refractivity contribution in [3.63, 3.8) is 0 Å². The standard InChI is InChI=1S/C13H15N3O4S/c1-7(2)16-12(19)14-15-13(16)21-10-6-8(20-3)4-5-9(10)11(17)18/h4-7H,1-3H3,(H,14,19)(H,17,18). The topological polar surface area (TPSA) is 97.2 Å². The number of aromatic amines is 1. The van der Waals surface area contributed by atoms with Crippen LogP contribution in [0.25, 0.3) is 0 Å². The van der Waals surface area contributed by atoms with Crippen molar-refractivity contribution in [2.45, 2.75) is 29.9 Å². The fourth-order valence-corrected chi connectivity index (χ4v) is 2.93. The number of hydrogen-bond donors (Lipinski definition) is 2. The summed E-state index contributed by atoms with van der Waals surface area (Å²) in [5, 5.41) is 16.0. The van der Waals surface area contributed by atoms with Crippen molar-refractivity contribution in [2.24, 2.45) is 0 Å². The van der Waals surface area contributed by atoms with E-state index in [2.05, 4.69) is 10.2 Å². The molecule has 21 heavy (non-hydrogen) atoms. The van der Waals surface area contributed by atoms with E-state index in [1.807, 2.05) is 13.8 Å². The first-order valence-corrected chi connectivity index (χ1v) is 7.01. The van der Waals surface area contributed by atoms with Crippen LogP contribution in [0.1, 0.15) is 30.2 Å². The molecule has 0 aliphatic heterocycles. The largest absolute Gasteiger partial charge is 0.497 e. The average Bonchev–Trinajstić information content (AvgIpc) is 2.79. The predicted molar refractivity (Wildman–Crippen MR) is 77.3 cm³/mol. The van der Waals surface area contributed by atoms with E-state index in [0.29, 0.717) is 15.8 Å². The highest BCUT2D eigenvalue weighted by molar-refractivity contribution is 7.99. The Hall–Kier alpha value is -2.22. The number of benzene rings is 1. The minimum atomic E-state index is -1.05. The van der Waals surface area contributed by atoms with Crippen LogP contribution >= 0.6 is 11.8 Å². The van der Waals surface area contributed by atoms with E-state index in [9.17, 15) is 14.7 Å². The maximum Gasteiger partial charge on any atom is 0.344 e. The molecule has 0 bridgehead atoms. The van der Waals surface area contributed by atoms with Gasteiger partial charge in [-0.25, -0.2) is 14.7 Å². The van der Waals surface area contributed by atoms with Crippen molar-refractivity contribution in [1.82, 2.24) is 14.8 Å². The molecule has 0 aliphatic carbocycles. The van der Waals surface area contributed by atoms with Crippen LogP contribution in [0.2, 0.25) is 0 Å². The monoisotopic (exact) mass is 309 g/mol. The summed E-state index contributed by atoms with van der Waals surface area (Å²) in [4.78, 5) is 23.4. The van der Waals surface area contributed by atoms with E-state index in [-0.39, 0.29) is 17.3 Å². The van der Waals surface area contributed by atoms with Gasteiger partial charge in [0.15, 0.2) is 5.16 Å². The van der Waals surface area contributed by atoms with Crippen LogP contribution in [0.5, 0.6) is 5.75 Å². The van der Waals surface area contributed by atoms with Crippen molar-refractivity contribution >= 4 is 17.7 Å². The zero-order valence-corrected chi connectivity index (χ0v) is 12.6. The van der Waals surface area contributed by atoms with Crippen LogP contribution in [-0.4, -0.2) is 33.0 Å². The Morgan fingerprint density at radius 3 is 2.76 bits per heavy atom. The number of aromatic carboxylic acids is 1. The maximum absolute atomic E-state index is 11.7. The van der Waals surface area contributed by atoms with Gasteiger partial charge >= 0.3 is 11.7 Å². The van der Waals surface area contributed by atoms with Gasteiger partial charge in [0.25, 0.3) is 0 Å². The van der Waals surface area contributed by atoms with Crippen LogP contribution in [0.4, 0.5) is 0 Å². The molecule has 0 fully saturated rings. The van der Waals surface area contributed by atoms with E-state index in [0.717, 1.165) is 11.8 Å². The number of ether oxygens (including phenoxy) is 1. The highest BCUT2D eigenvalue weighted by Gasteiger charge is 2.17. The molecule has 0 unspecified atom stereocenters. The lowest BCUT2D eigenvalue weighted by Gasteiger charge is -2.10. The SMILES string of the molecule is COc1ccc(C(=O)O)c(Sc2n[nH]c(=O)n2C(C)C)c1. The third-order valence-corrected chi connectivity index (χ3v) is 3.84. The van der Waals surface area contributed by atoms with Crippen molar-refractivity contribution < 1.29 is 14.6 Å². The normalized spacial score (nSPS) is 10.9. The van der Waals surface area contributed by atoms with Gasteiger partial charge in [0, 0.05) is 10.9 Å². The number of H-pyrrole nitrogens is 1. The zero-order valence-electron chi connectivity index (χ0n) is 11.8. The molecular weight excluding hydrogens is 294 g/mol. The quantitative estimate of drug-likeness (QED) is 0.877. The Labute approximate surface area is 124 Å². The molecule has 0 spiro atoms. The number of aromatic nitrogens is 3. The smallest absolute Gasteiger partial charge is 0.344 e. The molecule has 1 aromatic carbocycles. The number of carboxylic acids is 1. The van der Waals surface area contributed by atoms with Gasteiger partial charge in [-0.1, -0.05) is 0 Å². The van der Waals surface area contributed by atoms with Crippen LogP contribution in [0, 0.1) is 0 Å². The molecule has 0 amide bonds. The number of hydrogen-bond acceptors (Lipinski definition) is 5. The van der Waals surface area contributed by atoms with Gasteiger partial charge in [0.2, 0.25) is 0 Å². The fraction of sp³-hybridized carbons (Fsp3) is 0.308. The predicted octanol–water partition coefficient (Wildman–Crippen LogP) is 2.01.